The largest absolute Gasteiger partial charge is 0.390 e. The van der Waals surface area contributed by atoms with Gasteiger partial charge in [0.15, 0.2) is 5.72 Å². The van der Waals surface area contributed by atoms with E-state index in [-0.39, 0.29) is 11.8 Å². The zero-order chi connectivity index (χ0) is 26.6. The molecule has 0 saturated heterocycles. The van der Waals surface area contributed by atoms with Crippen LogP contribution in [0.3, 0.4) is 0 Å². The summed E-state index contributed by atoms with van der Waals surface area (Å²) in [7, 11) is 1.71. The number of fused-ring (bicyclic) bond motifs is 1. The molecule has 2 fully saturated rings. The lowest BCUT2D eigenvalue weighted by Crippen LogP contribution is -2.51. The molecule has 10 nitrogen and oxygen atoms in total. The Balaban J connectivity index is 1.54. The van der Waals surface area contributed by atoms with Crippen molar-refractivity contribution >= 4 is 33.3 Å². The summed E-state index contributed by atoms with van der Waals surface area (Å²) in [5, 5.41) is 40.3. The van der Waals surface area contributed by atoms with Crippen LogP contribution in [0.2, 0.25) is 0 Å². The molecule has 5 rings (SSSR count). The fraction of sp³-hybridized carbons (Fsp3) is 0.615. The lowest BCUT2D eigenvalue weighted by Gasteiger charge is -2.34. The highest BCUT2D eigenvalue weighted by Gasteiger charge is 2.52. The first-order chi connectivity index (χ1) is 17.4. The van der Waals surface area contributed by atoms with Crippen molar-refractivity contribution < 1.29 is 20.1 Å². The summed E-state index contributed by atoms with van der Waals surface area (Å²) in [4.78, 5) is 18.7. The Bertz CT molecular complexity index is 1300. The number of aryl methyl sites for hydroxylation is 2. The minimum Gasteiger partial charge on any atom is -0.390 e. The van der Waals surface area contributed by atoms with Crippen LogP contribution in [-0.2, 0) is 4.74 Å². The van der Waals surface area contributed by atoms with Crippen molar-refractivity contribution in [2.45, 2.75) is 70.8 Å². The fourth-order valence-corrected chi connectivity index (χ4v) is 6.41. The third kappa shape index (κ3) is 5.03. The number of aliphatic hydroxyl groups is 3. The first-order valence-electron chi connectivity index (χ1n) is 12.7. The molecule has 0 aromatic carbocycles. The van der Waals surface area contributed by atoms with Gasteiger partial charge in [-0.25, -0.2) is 9.97 Å². The topological polar surface area (TPSA) is 146 Å². The number of ether oxygens (including phenoxy) is 1. The highest BCUT2D eigenvalue weighted by atomic mass is 32.1. The van der Waals surface area contributed by atoms with Gasteiger partial charge in [-0.2, -0.15) is 4.98 Å². The lowest BCUT2D eigenvalue weighted by atomic mass is 9.87. The minimum absolute atomic E-state index is 0.0929. The highest BCUT2D eigenvalue weighted by molar-refractivity contribution is 7.21. The maximum Gasteiger partial charge on any atom is 0.224 e. The maximum absolute atomic E-state index is 11.5. The average Bonchev–Trinajstić information content (AvgIpc) is 3.32. The first kappa shape index (κ1) is 26.2. The molecule has 11 heteroatoms. The standard InChI is InChI=1S/C26H36N6O4S/c1-14-18(22-30-19-15(2)27-11-7-17(19)37-22)21(31-23(29-14)28-12-25(9-10-25)13-36-5)32-26(35)8-6-16(20(26)33)24(3,4)34/h7,11,16,20,33-35H,6,8-10,12-13H2,1-5H3,(H2,28,29,31,32). The van der Waals surface area contributed by atoms with Gasteiger partial charge in [-0.05, 0) is 59.4 Å². The van der Waals surface area contributed by atoms with Crippen molar-refractivity contribution in [2.75, 3.05) is 30.9 Å². The van der Waals surface area contributed by atoms with Gasteiger partial charge in [0.25, 0.3) is 0 Å². The summed E-state index contributed by atoms with van der Waals surface area (Å²) >= 11 is 1.50. The number of aromatic nitrogens is 4. The molecule has 37 heavy (non-hydrogen) atoms. The van der Waals surface area contributed by atoms with Crippen LogP contribution < -0.4 is 10.6 Å². The van der Waals surface area contributed by atoms with E-state index in [0.29, 0.717) is 47.6 Å². The van der Waals surface area contributed by atoms with Crippen LogP contribution in [0.5, 0.6) is 0 Å². The van der Waals surface area contributed by atoms with Crippen LogP contribution >= 0.6 is 11.3 Å². The smallest absolute Gasteiger partial charge is 0.224 e. The van der Waals surface area contributed by atoms with Crippen molar-refractivity contribution in [1.82, 2.24) is 19.9 Å². The van der Waals surface area contributed by atoms with Gasteiger partial charge < -0.3 is 30.7 Å². The number of aliphatic hydroxyl groups excluding tert-OH is 1. The molecular weight excluding hydrogens is 492 g/mol. The van der Waals surface area contributed by atoms with Crippen LogP contribution in [-0.4, -0.2) is 72.9 Å². The maximum atomic E-state index is 11.5. The second kappa shape index (κ2) is 9.39. The SMILES string of the molecule is COCC1(CNc2nc(C)c(-c3nc4c(C)nccc4s3)c(NC3(O)CCC(C(C)(C)O)C3O)n2)CC1. The fourth-order valence-electron chi connectivity index (χ4n) is 5.30. The monoisotopic (exact) mass is 528 g/mol. The number of hydrogen-bond donors (Lipinski definition) is 5. The van der Waals surface area contributed by atoms with Gasteiger partial charge in [0.05, 0.1) is 33.9 Å². The second-order valence-electron chi connectivity index (χ2n) is 11.2. The zero-order valence-electron chi connectivity index (χ0n) is 22.0. The molecule has 3 aromatic rings. The third-order valence-electron chi connectivity index (χ3n) is 7.77. The Kier molecular flexibility index (Phi) is 6.64. The highest BCUT2D eigenvalue weighted by Crippen LogP contribution is 2.46. The molecule has 3 atom stereocenters. The number of hydrogen-bond acceptors (Lipinski definition) is 11. The molecule has 2 saturated carbocycles. The van der Waals surface area contributed by atoms with Gasteiger partial charge in [0, 0.05) is 31.2 Å². The van der Waals surface area contributed by atoms with E-state index in [9.17, 15) is 15.3 Å². The molecule has 200 valence electrons. The number of pyridine rings is 1. The molecule has 0 radical (unpaired) electrons. The first-order valence-corrected chi connectivity index (χ1v) is 13.5. The van der Waals surface area contributed by atoms with Gasteiger partial charge in [-0.3, -0.25) is 4.98 Å². The molecule has 3 unspecified atom stereocenters. The summed E-state index contributed by atoms with van der Waals surface area (Å²) in [6.45, 7) is 8.47. The van der Waals surface area contributed by atoms with Crippen molar-refractivity contribution in [2.24, 2.45) is 11.3 Å². The molecule has 0 bridgehead atoms. The molecule has 3 aromatic heterocycles. The number of nitrogens with zero attached hydrogens (tertiary/aromatic N) is 4. The second-order valence-corrected chi connectivity index (χ2v) is 12.2. The Hall–Kier alpha value is -2.44. The molecule has 0 amide bonds. The number of methoxy groups -OCH3 is 1. The van der Waals surface area contributed by atoms with E-state index in [1.54, 1.807) is 27.2 Å². The number of anilines is 2. The normalized spacial score (nSPS) is 25.0. The van der Waals surface area contributed by atoms with Crippen molar-refractivity contribution in [3.8, 4) is 10.6 Å². The molecular formula is C26H36N6O4S. The van der Waals surface area contributed by atoms with E-state index in [1.807, 2.05) is 19.9 Å². The summed E-state index contributed by atoms with van der Waals surface area (Å²) in [5.41, 5.74) is 0.284. The van der Waals surface area contributed by atoms with Crippen molar-refractivity contribution in [3.63, 3.8) is 0 Å². The molecule has 2 aliphatic rings. The predicted octanol–water partition coefficient (Wildman–Crippen LogP) is 3.25. The summed E-state index contributed by atoms with van der Waals surface area (Å²) in [6, 6.07) is 1.93. The lowest BCUT2D eigenvalue weighted by molar-refractivity contribution is -0.0926. The van der Waals surface area contributed by atoms with Crippen molar-refractivity contribution in [3.05, 3.63) is 23.7 Å². The van der Waals surface area contributed by atoms with Crippen LogP contribution in [0.25, 0.3) is 20.8 Å². The summed E-state index contributed by atoms with van der Waals surface area (Å²) in [6.07, 6.45) is 3.46. The van der Waals surface area contributed by atoms with Crippen LogP contribution in [0.1, 0.15) is 50.9 Å². The van der Waals surface area contributed by atoms with Crippen LogP contribution in [0.4, 0.5) is 11.8 Å². The van der Waals surface area contributed by atoms with Gasteiger partial charge in [0.2, 0.25) is 5.95 Å². The third-order valence-corrected chi connectivity index (χ3v) is 8.81. The van der Waals surface area contributed by atoms with E-state index < -0.39 is 23.3 Å². The summed E-state index contributed by atoms with van der Waals surface area (Å²) in [5.74, 6) is 0.323. The molecule has 0 spiro atoms. The summed E-state index contributed by atoms with van der Waals surface area (Å²) < 4.78 is 6.38. The molecule has 5 N–H and O–H groups in total. The van der Waals surface area contributed by atoms with Gasteiger partial charge in [0.1, 0.15) is 22.4 Å². The Morgan fingerprint density at radius 3 is 2.54 bits per heavy atom. The van der Waals surface area contributed by atoms with Crippen molar-refractivity contribution in [1.29, 1.82) is 0 Å². The Morgan fingerprint density at radius 1 is 1.16 bits per heavy atom. The molecule has 0 aliphatic heterocycles. The van der Waals surface area contributed by atoms with E-state index in [1.165, 1.54) is 11.3 Å². The van der Waals surface area contributed by atoms with E-state index in [2.05, 4.69) is 15.6 Å². The van der Waals surface area contributed by atoms with E-state index in [0.717, 1.165) is 28.8 Å². The quantitative estimate of drug-likeness (QED) is 0.262. The van der Waals surface area contributed by atoms with Gasteiger partial charge in [-0.15, -0.1) is 11.3 Å². The zero-order valence-corrected chi connectivity index (χ0v) is 22.8. The number of rotatable bonds is 9. The Labute approximate surface area is 220 Å². The molecule has 2 aliphatic carbocycles. The van der Waals surface area contributed by atoms with Gasteiger partial charge in [-0.1, -0.05) is 0 Å². The minimum atomic E-state index is -1.67. The van der Waals surface area contributed by atoms with Crippen LogP contribution in [0, 0.1) is 25.2 Å². The van der Waals surface area contributed by atoms with E-state index in [4.69, 9.17) is 19.7 Å². The number of nitrogens with one attached hydrogen (secondary N) is 2. The molecule has 3 heterocycles. The van der Waals surface area contributed by atoms with Crippen LogP contribution in [0.15, 0.2) is 12.3 Å². The van der Waals surface area contributed by atoms with E-state index >= 15 is 0 Å². The predicted molar refractivity (Wildman–Crippen MR) is 144 cm³/mol. The van der Waals surface area contributed by atoms with Gasteiger partial charge >= 0.3 is 0 Å². The average molecular weight is 529 g/mol. The number of thiazole rings is 1. The Morgan fingerprint density at radius 2 is 1.92 bits per heavy atom.